The Hall–Kier alpha value is -2.30. The number of hydrogen-bond acceptors (Lipinski definition) is 5. The average Bonchev–Trinajstić information content (AvgIpc) is 3.00. The van der Waals surface area contributed by atoms with Crippen LogP contribution in [0.25, 0.3) is 0 Å². The first kappa shape index (κ1) is 18.1. The van der Waals surface area contributed by atoms with Gasteiger partial charge in [0.25, 0.3) is 5.24 Å². The van der Waals surface area contributed by atoms with Crippen molar-refractivity contribution in [2.45, 2.75) is 30.4 Å². The maximum atomic E-state index is 12.1. The SMILES string of the molecule is N#Cc1ccc(Oc2ccc3c(c2)CCC[C@H]3C2SC(=O)NC2=O)c(Br)c1. The maximum absolute atomic E-state index is 12.1. The van der Waals surface area contributed by atoms with Gasteiger partial charge in [0.15, 0.2) is 0 Å². The highest BCUT2D eigenvalue weighted by Crippen LogP contribution is 2.42. The summed E-state index contributed by atoms with van der Waals surface area (Å²) in [4.78, 5) is 23.6. The molecule has 136 valence electrons. The summed E-state index contributed by atoms with van der Waals surface area (Å²) < 4.78 is 6.70. The largest absolute Gasteiger partial charge is 0.456 e. The molecule has 0 aromatic heterocycles. The number of nitriles is 1. The van der Waals surface area contributed by atoms with Crippen molar-refractivity contribution < 1.29 is 14.3 Å². The molecule has 1 unspecified atom stereocenters. The van der Waals surface area contributed by atoms with Crippen LogP contribution in [-0.4, -0.2) is 16.4 Å². The predicted octanol–water partition coefficient (Wildman–Crippen LogP) is 4.88. The molecule has 2 amide bonds. The molecule has 0 radical (unpaired) electrons. The Kier molecular flexibility index (Phi) is 4.94. The average molecular weight is 443 g/mol. The van der Waals surface area contributed by atoms with E-state index in [9.17, 15) is 9.59 Å². The summed E-state index contributed by atoms with van der Waals surface area (Å²) >= 11 is 4.52. The summed E-state index contributed by atoms with van der Waals surface area (Å²) in [7, 11) is 0. The molecule has 1 N–H and O–H groups in total. The third-order valence-electron chi connectivity index (χ3n) is 4.85. The second-order valence-corrected chi connectivity index (χ2v) is 8.50. The maximum Gasteiger partial charge on any atom is 0.286 e. The van der Waals surface area contributed by atoms with Crippen molar-refractivity contribution in [3.05, 3.63) is 57.6 Å². The lowest BCUT2D eigenvalue weighted by atomic mass is 9.80. The van der Waals surface area contributed by atoms with Crippen molar-refractivity contribution in [3.8, 4) is 17.6 Å². The smallest absolute Gasteiger partial charge is 0.286 e. The van der Waals surface area contributed by atoms with Gasteiger partial charge in [-0.05, 0) is 76.7 Å². The zero-order valence-corrected chi connectivity index (χ0v) is 16.6. The van der Waals surface area contributed by atoms with Gasteiger partial charge < -0.3 is 4.74 Å². The van der Waals surface area contributed by atoms with E-state index in [-0.39, 0.29) is 22.3 Å². The Labute approximate surface area is 169 Å². The standard InChI is InChI=1S/C20H15BrN2O3S/c21-16-8-11(10-22)4-7-17(16)26-13-5-6-14-12(9-13)2-1-3-15(14)18-19(24)23-20(25)27-18/h4-9,15,18H,1-3H2,(H,23,24,25)/t15-,18?/m1/s1. The molecule has 2 atom stereocenters. The van der Waals surface area contributed by atoms with Crippen LogP contribution in [0.15, 0.2) is 40.9 Å². The second kappa shape index (κ2) is 7.37. The fraction of sp³-hybridized carbons (Fsp3) is 0.250. The fourth-order valence-electron chi connectivity index (χ4n) is 3.62. The van der Waals surface area contributed by atoms with Crippen molar-refractivity contribution in [2.24, 2.45) is 0 Å². The Balaban J connectivity index is 1.59. The van der Waals surface area contributed by atoms with E-state index in [1.165, 1.54) is 0 Å². The lowest BCUT2D eigenvalue weighted by Crippen LogP contribution is -2.30. The van der Waals surface area contributed by atoms with E-state index < -0.39 is 0 Å². The number of carbonyl (C=O) groups excluding carboxylic acids is 2. The number of imide groups is 1. The van der Waals surface area contributed by atoms with E-state index in [0.717, 1.165) is 46.6 Å². The van der Waals surface area contributed by atoms with E-state index in [0.29, 0.717) is 17.1 Å². The number of aryl methyl sites for hydroxylation is 1. The van der Waals surface area contributed by atoms with Crippen LogP contribution in [-0.2, 0) is 11.2 Å². The van der Waals surface area contributed by atoms with Crippen LogP contribution >= 0.6 is 27.7 Å². The van der Waals surface area contributed by atoms with E-state index in [4.69, 9.17) is 10.00 Å². The lowest BCUT2D eigenvalue weighted by molar-refractivity contribution is -0.119. The van der Waals surface area contributed by atoms with E-state index in [1.807, 2.05) is 18.2 Å². The molecule has 7 heteroatoms. The van der Waals surface area contributed by atoms with Crippen molar-refractivity contribution >= 4 is 38.8 Å². The number of nitrogens with one attached hydrogen (secondary N) is 1. The number of ether oxygens (including phenoxy) is 1. The molecular formula is C20H15BrN2O3S. The van der Waals surface area contributed by atoms with Crippen LogP contribution < -0.4 is 10.1 Å². The minimum Gasteiger partial charge on any atom is -0.456 e. The highest BCUT2D eigenvalue weighted by molar-refractivity contribution is 9.10. The number of carbonyl (C=O) groups is 2. The Bertz CT molecular complexity index is 986. The van der Waals surface area contributed by atoms with Gasteiger partial charge in [-0.15, -0.1) is 0 Å². The molecule has 1 heterocycles. The molecule has 27 heavy (non-hydrogen) atoms. The zero-order valence-electron chi connectivity index (χ0n) is 14.2. The quantitative estimate of drug-likeness (QED) is 0.731. The Morgan fingerprint density at radius 3 is 2.78 bits per heavy atom. The number of fused-ring (bicyclic) bond motifs is 1. The summed E-state index contributed by atoms with van der Waals surface area (Å²) in [5.74, 6) is 1.20. The minimum absolute atomic E-state index is 0.0425. The van der Waals surface area contributed by atoms with Crippen molar-refractivity contribution in [1.29, 1.82) is 5.26 Å². The van der Waals surface area contributed by atoms with Gasteiger partial charge in [-0.2, -0.15) is 5.26 Å². The highest BCUT2D eigenvalue weighted by atomic mass is 79.9. The first-order chi connectivity index (χ1) is 13.0. The summed E-state index contributed by atoms with van der Waals surface area (Å²) in [5.41, 5.74) is 2.83. The van der Waals surface area contributed by atoms with Gasteiger partial charge in [-0.3, -0.25) is 14.9 Å². The third-order valence-corrected chi connectivity index (χ3v) is 6.58. The molecule has 2 aliphatic rings. The summed E-state index contributed by atoms with van der Waals surface area (Å²) in [6.07, 6.45) is 2.79. The van der Waals surface area contributed by atoms with Crippen LogP contribution in [0.3, 0.4) is 0 Å². The van der Waals surface area contributed by atoms with Crippen molar-refractivity contribution in [3.63, 3.8) is 0 Å². The number of nitrogens with zero attached hydrogens (tertiary/aromatic N) is 1. The molecule has 0 spiro atoms. The second-order valence-electron chi connectivity index (χ2n) is 6.53. The molecule has 1 saturated heterocycles. The number of amides is 2. The van der Waals surface area contributed by atoms with Gasteiger partial charge in [0, 0.05) is 5.92 Å². The van der Waals surface area contributed by atoms with Crippen LogP contribution in [0.1, 0.15) is 35.4 Å². The number of halogens is 1. The molecule has 2 aromatic rings. The Morgan fingerprint density at radius 2 is 2.07 bits per heavy atom. The van der Waals surface area contributed by atoms with Gasteiger partial charge in [0.2, 0.25) is 5.91 Å². The highest BCUT2D eigenvalue weighted by Gasteiger charge is 2.40. The van der Waals surface area contributed by atoms with Gasteiger partial charge in [0.05, 0.1) is 16.1 Å². The summed E-state index contributed by atoms with van der Waals surface area (Å²) in [6, 6.07) is 13.2. The number of rotatable bonds is 3. The molecule has 0 saturated carbocycles. The Morgan fingerprint density at radius 1 is 1.22 bits per heavy atom. The van der Waals surface area contributed by atoms with Crippen LogP contribution in [0.2, 0.25) is 0 Å². The minimum atomic E-state index is -0.351. The van der Waals surface area contributed by atoms with Crippen LogP contribution in [0.5, 0.6) is 11.5 Å². The molecular weight excluding hydrogens is 428 g/mol. The van der Waals surface area contributed by atoms with Crippen molar-refractivity contribution in [2.75, 3.05) is 0 Å². The molecule has 0 bridgehead atoms. The molecule has 5 nitrogen and oxygen atoms in total. The number of thioether (sulfide) groups is 1. The van der Waals surface area contributed by atoms with Gasteiger partial charge in [-0.25, -0.2) is 0 Å². The monoisotopic (exact) mass is 442 g/mol. The molecule has 1 aliphatic heterocycles. The number of benzene rings is 2. The van der Waals surface area contributed by atoms with Crippen LogP contribution in [0.4, 0.5) is 4.79 Å². The molecule has 4 rings (SSSR count). The van der Waals surface area contributed by atoms with Crippen molar-refractivity contribution in [1.82, 2.24) is 5.32 Å². The van der Waals surface area contributed by atoms with E-state index in [2.05, 4.69) is 27.3 Å². The first-order valence-corrected chi connectivity index (χ1v) is 10.2. The first-order valence-electron chi connectivity index (χ1n) is 8.57. The molecule has 1 aliphatic carbocycles. The topological polar surface area (TPSA) is 79.2 Å². The fourth-order valence-corrected chi connectivity index (χ4v) is 5.08. The normalized spacial score (nSPS) is 21.3. The summed E-state index contributed by atoms with van der Waals surface area (Å²) in [6.45, 7) is 0. The van der Waals surface area contributed by atoms with Gasteiger partial charge >= 0.3 is 0 Å². The van der Waals surface area contributed by atoms with Crippen LogP contribution in [0, 0.1) is 11.3 Å². The third kappa shape index (κ3) is 3.60. The molecule has 1 fully saturated rings. The van der Waals surface area contributed by atoms with Gasteiger partial charge in [-0.1, -0.05) is 17.8 Å². The zero-order chi connectivity index (χ0) is 19.0. The van der Waals surface area contributed by atoms with Gasteiger partial charge in [0.1, 0.15) is 16.7 Å². The molecule has 2 aromatic carbocycles. The summed E-state index contributed by atoms with van der Waals surface area (Å²) in [5, 5.41) is 10.7. The van der Waals surface area contributed by atoms with E-state index >= 15 is 0 Å². The van der Waals surface area contributed by atoms with E-state index in [1.54, 1.807) is 18.2 Å². The predicted molar refractivity (Wildman–Crippen MR) is 106 cm³/mol. The lowest BCUT2D eigenvalue weighted by Gasteiger charge is -2.28. The number of hydrogen-bond donors (Lipinski definition) is 1.